The maximum Gasteiger partial charge on any atom is 0.200 e. The molecule has 1 aromatic rings. The Morgan fingerprint density at radius 3 is 2.35 bits per heavy atom. The van der Waals surface area contributed by atoms with Crippen LogP contribution < -0.4 is 4.90 Å². The highest BCUT2D eigenvalue weighted by Gasteiger charge is 2.32. The van der Waals surface area contributed by atoms with Crippen molar-refractivity contribution in [2.24, 2.45) is 5.92 Å². The fraction of sp³-hybridized carbons (Fsp3) is 0.706. The number of piperidine rings is 1. The van der Waals surface area contributed by atoms with Crippen molar-refractivity contribution < 1.29 is 8.42 Å². The van der Waals surface area contributed by atoms with Gasteiger partial charge in [-0.1, -0.05) is 0 Å². The molecule has 23 heavy (non-hydrogen) atoms. The van der Waals surface area contributed by atoms with Gasteiger partial charge in [0.2, 0.25) is 0 Å². The van der Waals surface area contributed by atoms with E-state index in [0.29, 0.717) is 5.92 Å². The Morgan fingerprint density at radius 1 is 1.26 bits per heavy atom. The summed E-state index contributed by atoms with van der Waals surface area (Å²) in [6, 6.07) is 3.49. The summed E-state index contributed by atoms with van der Waals surface area (Å²) in [5, 5.41) is 0.154. The van der Waals surface area contributed by atoms with E-state index in [0.717, 1.165) is 25.3 Å². The highest BCUT2D eigenvalue weighted by atomic mass is 32.2. The second-order valence-electron chi connectivity index (χ2n) is 7.60. The largest absolute Gasteiger partial charge is 0.373 e. The van der Waals surface area contributed by atoms with Crippen LogP contribution in [-0.2, 0) is 9.84 Å². The zero-order valence-electron chi connectivity index (χ0n) is 14.9. The molecule has 1 aromatic heterocycles. The third kappa shape index (κ3) is 4.23. The average molecular weight is 340 g/mol. The smallest absolute Gasteiger partial charge is 0.200 e. The Balaban J connectivity index is 2.05. The fourth-order valence-corrected chi connectivity index (χ4v) is 3.87. The van der Waals surface area contributed by atoms with Crippen molar-refractivity contribution >= 4 is 15.5 Å². The monoisotopic (exact) mass is 339 g/mol. The normalized spacial score (nSPS) is 18.1. The van der Waals surface area contributed by atoms with Crippen LogP contribution in [0.3, 0.4) is 0 Å². The number of pyridine rings is 1. The van der Waals surface area contributed by atoms with Gasteiger partial charge in [0.1, 0.15) is 0 Å². The van der Waals surface area contributed by atoms with Crippen molar-refractivity contribution in [3.63, 3.8) is 0 Å². The number of likely N-dealkylation sites (tertiary alicyclic amines) is 1. The van der Waals surface area contributed by atoms with Gasteiger partial charge in [-0.25, -0.2) is 13.4 Å². The van der Waals surface area contributed by atoms with Crippen LogP contribution in [0.1, 0.15) is 33.6 Å². The van der Waals surface area contributed by atoms with E-state index in [4.69, 9.17) is 0 Å². The lowest BCUT2D eigenvalue weighted by molar-refractivity contribution is 0.222. The Bertz CT molecular complexity index is 612. The lowest BCUT2D eigenvalue weighted by atomic mass is 9.96. The Hall–Kier alpha value is -1.14. The molecule has 0 bridgehead atoms. The van der Waals surface area contributed by atoms with Gasteiger partial charge in [0.25, 0.3) is 0 Å². The molecule has 6 heteroatoms. The van der Waals surface area contributed by atoms with E-state index in [1.165, 1.54) is 12.8 Å². The first-order chi connectivity index (χ1) is 10.6. The first-order valence-corrected chi connectivity index (χ1v) is 9.70. The number of rotatable bonds is 4. The molecule has 0 atom stereocenters. The van der Waals surface area contributed by atoms with Crippen molar-refractivity contribution in [2.75, 3.05) is 38.6 Å². The van der Waals surface area contributed by atoms with Crippen molar-refractivity contribution in [1.82, 2.24) is 9.88 Å². The van der Waals surface area contributed by atoms with Crippen LogP contribution in [0.25, 0.3) is 0 Å². The summed E-state index contributed by atoms with van der Waals surface area (Å²) < 4.78 is 24.0. The molecule has 0 spiro atoms. The Morgan fingerprint density at radius 2 is 1.87 bits per heavy atom. The minimum Gasteiger partial charge on any atom is -0.373 e. The SMILES string of the molecule is CN1CCC(CN(C)c2ccc(S(=O)(=O)C(C)(C)C)nc2)CC1. The zero-order chi connectivity index (χ0) is 17.3. The van der Waals surface area contributed by atoms with Crippen LogP contribution in [0.15, 0.2) is 23.4 Å². The van der Waals surface area contributed by atoms with Gasteiger partial charge >= 0.3 is 0 Å². The lowest BCUT2D eigenvalue weighted by Gasteiger charge is -2.32. The Labute approximate surface area is 140 Å². The van der Waals surface area contributed by atoms with Crippen molar-refractivity contribution in [3.8, 4) is 0 Å². The maximum atomic E-state index is 12.4. The minimum absolute atomic E-state index is 0.154. The van der Waals surface area contributed by atoms with E-state index >= 15 is 0 Å². The summed E-state index contributed by atoms with van der Waals surface area (Å²) in [6.45, 7) is 8.39. The number of hydrogen-bond acceptors (Lipinski definition) is 5. The van der Waals surface area contributed by atoms with Gasteiger partial charge in [0.15, 0.2) is 14.9 Å². The van der Waals surface area contributed by atoms with Gasteiger partial charge < -0.3 is 9.80 Å². The van der Waals surface area contributed by atoms with Crippen molar-refractivity contribution in [1.29, 1.82) is 0 Å². The van der Waals surface area contributed by atoms with E-state index in [1.54, 1.807) is 33.0 Å². The molecule has 0 N–H and O–H groups in total. The predicted octanol–water partition coefficient (Wildman–Crippen LogP) is 2.43. The minimum atomic E-state index is -3.39. The molecule has 0 amide bonds. The van der Waals surface area contributed by atoms with Crippen LogP contribution >= 0.6 is 0 Å². The molecular weight excluding hydrogens is 310 g/mol. The van der Waals surface area contributed by atoms with Crippen LogP contribution in [0.5, 0.6) is 0 Å². The molecule has 130 valence electrons. The van der Waals surface area contributed by atoms with Gasteiger partial charge in [-0.15, -0.1) is 0 Å². The van der Waals surface area contributed by atoms with Crippen molar-refractivity contribution in [2.45, 2.75) is 43.4 Å². The molecule has 0 aromatic carbocycles. The van der Waals surface area contributed by atoms with Gasteiger partial charge in [-0.2, -0.15) is 0 Å². The molecule has 1 saturated heterocycles. The molecule has 0 aliphatic carbocycles. The van der Waals surface area contributed by atoms with Gasteiger partial charge in [-0.3, -0.25) is 0 Å². The summed E-state index contributed by atoms with van der Waals surface area (Å²) in [4.78, 5) is 8.75. The molecule has 0 unspecified atom stereocenters. The molecular formula is C17H29N3O2S. The van der Waals surface area contributed by atoms with E-state index < -0.39 is 14.6 Å². The predicted molar refractivity (Wildman–Crippen MR) is 94.7 cm³/mol. The maximum absolute atomic E-state index is 12.4. The van der Waals surface area contributed by atoms with Crippen LogP contribution in [-0.4, -0.2) is 56.8 Å². The third-order valence-electron chi connectivity index (χ3n) is 4.61. The highest BCUT2D eigenvalue weighted by molar-refractivity contribution is 7.92. The summed E-state index contributed by atoms with van der Waals surface area (Å²) >= 11 is 0. The molecule has 1 aliphatic heterocycles. The highest BCUT2D eigenvalue weighted by Crippen LogP contribution is 2.25. The van der Waals surface area contributed by atoms with Gasteiger partial charge in [0, 0.05) is 13.6 Å². The number of aromatic nitrogens is 1. The third-order valence-corrected chi connectivity index (χ3v) is 7.02. The topological polar surface area (TPSA) is 53.5 Å². The molecule has 0 saturated carbocycles. The molecule has 1 aliphatic rings. The molecule has 2 rings (SSSR count). The van der Waals surface area contributed by atoms with Crippen molar-refractivity contribution in [3.05, 3.63) is 18.3 Å². The van der Waals surface area contributed by atoms with E-state index in [2.05, 4.69) is 21.8 Å². The molecule has 1 fully saturated rings. The number of nitrogens with zero attached hydrogens (tertiary/aromatic N) is 3. The van der Waals surface area contributed by atoms with E-state index in [9.17, 15) is 8.42 Å². The van der Waals surface area contributed by atoms with Gasteiger partial charge in [0.05, 0.1) is 16.6 Å². The molecule has 5 nitrogen and oxygen atoms in total. The van der Waals surface area contributed by atoms with Gasteiger partial charge in [-0.05, 0) is 71.8 Å². The quantitative estimate of drug-likeness (QED) is 0.843. The summed E-state index contributed by atoms with van der Waals surface area (Å²) in [7, 11) is 0.826. The van der Waals surface area contributed by atoms with Crippen LogP contribution in [0.2, 0.25) is 0 Å². The number of sulfone groups is 1. The second-order valence-corrected chi connectivity index (χ2v) is 10.2. The first-order valence-electron chi connectivity index (χ1n) is 8.21. The average Bonchev–Trinajstić information content (AvgIpc) is 2.48. The zero-order valence-corrected chi connectivity index (χ0v) is 15.7. The standard InChI is InChI=1S/C17H29N3O2S/c1-17(2,3)23(21,22)16-7-6-15(12-18-16)20(5)13-14-8-10-19(4)11-9-14/h6-7,12,14H,8-11,13H2,1-5H3. The Kier molecular flexibility index (Phi) is 5.36. The lowest BCUT2D eigenvalue weighted by Crippen LogP contribution is -2.35. The summed E-state index contributed by atoms with van der Waals surface area (Å²) in [6.07, 6.45) is 4.10. The fourth-order valence-electron chi connectivity index (χ4n) is 2.81. The van der Waals surface area contributed by atoms with E-state index in [1.807, 2.05) is 13.1 Å². The first kappa shape index (κ1) is 18.2. The number of hydrogen-bond donors (Lipinski definition) is 0. The summed E-state index contributed by atoms with van der Waals surface area (Å²) in [5.74, 6) is 0.689. The van der Waals surface area contributed by atoms with Crippen LogP contribution in [0, 0.1) is 5.92 Å². The van der Waals surface area contributed by atoms with E-state index in [-0.39, 0.29) is 5.03 Å². The summed E-state index contributed by atoms with van der Waals surface area (Å²) in [5.41, 5.74) is 0.969. The van der Waals surface area contributed by atoms with Crippen LogP contribution in [0.4, 0.5) is 5.69 Å². The molecule has 0 radical (unpaired) electrons. The second kappa shape index (κ2) is 6.77. The number of anilines is 1. The molecule has 2 heterocycles.